The Hall–Kier alpha value is -1.88. The van der Waals surface area contributed by atoms with E-state index >= 15 is 0 Å². The van der Waals surface area contributed by atoms with Crippen molar-refractivity contribution >= 4 is 11.8 Å². The van der Waals surface area contributed by atoms with E-state index in [1.165, 1.54) is 0 Å². The van der Waals surface area contributed by atoms with Crippen LogP contribution in [-0.2, 0) is 9.53 Å². The molecule has 1 heterocycles. The lowest BCUT2D eigenvalue weighted by atomic mass is 9.80. The fourth-order valence-corrected chi connectivity index (χ4v) is 3.70. The quantitative estimate of drug-likeness (QED) is 0.898. The summed E-state index contributed by atoms with van der Waals surface area (Å²) in [5, 5.41) is 3.19. The van der Waals surface area contributed by atoms with Gasteiger partial charge in [-0.05, 0) is 37.8 Å². The molecule has 4 rings (SSSR count). The summed E-state index contributed by atoms with van der Waals surface area (Å²) in [4.78, 5) is 26.7. The minimum absolute atomic E-state index is 0.0903. The van der Waals surface area contributed by atoms with Crippen LogP contribution in [0.2, 0.25) is 0 Å². The second kappa shape index (κ2) is 5.06. The molecule has 3 aliphatic rings. The van der Waals surface area contributed by atoms with Gasteiger partial charge in [-0.3, -0.25) is 9.59 Å². The molecular formula is C18H22N2O3. The summed E-state index contributed by atoms with van der Waals surface area (Å²) in [6.45, 7) is 1.13. The van der Waals surface area contributed by atoms with Gasteiger partial charge >= 0.3 is 0 Å². The maximum Gasteiger partial charge on any atom is 0.251 e. The number of nitrogens with one attached hydrogen (secondary N) is 1. The van der Waals surface area contributed by atoms with E-state index < -0.39 is 5.54 Å². The molecule has 2 saturated carbocycles. The topological polar surface area (TPSA) is 58.6 Å². The molecule has 1 aromatic carbocycles. The second-order valence-electron chi connectivity index (χ2n) is 7.07. The van der Waals surface area contributed by atoms with Gasteiger partial charge in [-0.2, -0.15) is 0 Å². The molecule has 2 amide bonds. The second-order valence-corrected chi connectivity index (χ2v) is 7.07. The Morgan fingerprint density at radius 3 is 2.35 bits per heavy atom. The number of benzene rings is 1. The minimum Gasteiger partial charge on any atom is -0.376 e. The van der Waals surface area contributed by atoms with Gasteiger partial charge in [-0.15, -0.1) is 0 Å². The smallest absolute Gasteiger partial charge is 0.251 e. The number of carbonyl (C=O) groups is 2. The van der Waals surface area contributed by atoms with Gasteiger partial charge in [-0.1, -0.05) is 18.2 Å². The average molecular weight is 314 g/mol. The molecule has 1 aromatic rings. The zero-order chi connectivity index (χ0) is 16.1. The Labute approximate surface area is 136 Å². The third-order valence-electron chi connectivity index (χ3n) is 5.52. The van der Waals surface area contributed by atoms with Crippen LogP contribution < -0.4 is 5.32 Å². The first-order chi connectivity index (χ1) is 11.1. The van der Waals surface area contributed by atoms with Crippen molar-refractivity contribution in [2.75, 3.05) is 20.2 Å². The number of likely N-dealkylation sites (tertiary alicyclic amines) is 1. The fourth-order valence-electron chi connectivity index (χ4n) is 3.70. The molecule has 122 valence electrons. The molecule has 3 fully saturated rings. The van der Waals surface area contributed by atoms with Crippen LogP contribution in [0, 0.1) is 5.92 Å². The molecular weight excluding hydrogens is 292 g/mol. The maximum atomic E-state index is 12.6. The number of nitrogens with zero attached hydrogens (tertiary/aromatic N) is 1. The van der Waals surface area contributed by atoms with E-state index in [-0.39, 0.29) is 23.3 Å². The van der Waals surface area contributed by atoms with Gasteiger partial charge in [0.05, 0.1) is 5.60 Å². The highest BCUT2D eigenvalue weighted by Gasteiger charge is 2.67. The van der Waals surface area contributed by atoms with Crippen molar-refractivity contribution in [3.05, 3.63) is 35.9 Å². The standard InChI is InChI=1S/C18H22N2O3/c1-23-18(9-10-18)17(11-20(12-17)16(22)14-7-8-14)19-15(21)13-5-3-2-4-6-13/h2-6,14H,7-12H2,1H3,(H,19,21). The highest BCUT2D eigenvalue weighted by molar-refractivity contribution is 5.95. The van der Waals surface area contributed by atoms with Crippen LogP contribution in [0.3, 0.4) is 0 Å². The Balaban J connectivity index is 1.51. The minimum atomic E-state index is -0.445. The monoisotopic (exact) mass is 314 g/mol. The lowest BCUT2D eigenvalue weighted by molar-refractivity contribution is -0.149. The average Bonchev–Trinajstić information content (AvgIpc) is 3.43. The summed E-state index contributed by atoms with van der Waals surface area (Å²) in [5.41, 5.74) is -0.109. The van der Waals surface area contributed by atoms with Crippen molar-refractivity contribution in [3.63, 3.8) is 0 Å². The first-order valence-electron chi connectivity index (χ1n) is 8.31. The Kier molecular flexibility index (Phi) is 3.23. The molecule has 5 nitrogen and oxygen atoms in total. The number of methoxy groups -OCH3 is 1. The molecule has 1 saturated heterocycles. The van der Waals surface area contributed by atoms with E-state index in [1.54, 1.807) is 19.2 Å². The lowest BCUT2D eigenvalue weighted by Crippen LogP contribution is -2.77. The van der Waals surface area contributed by atoms with Gasteiger partial charge in [-0.25, -0.2) is 0 Å². The van der Waals surface area contributed by atoms with E-state index in [4.69, 9.17) is 4.74 Å². The van der Waals surface area contributed by atoms with Gasteiger partial charge in [0.25, 0.3) is 5.91 Å². The molecule has 1 aliphatic heterocycles. The fraction of sp³-hybridized carbons (Fsp3) is 0.556. The number of ether oxygens (including phenoxy) is 1. The number of carbonyl (C=O) groups excluding carboxylic acids is 2. The summed E-state index contributed by atoms with van der Waals surface area (Å²) in [7, 11) is 1.70. The molecule has 2 aliphatic carbocycles. The van der Waals surface area contributed by atoms with Gasteiger partial charge in [0.15, 0.2) is 0 Å². The van der Waals surface area contributed by atoms with Gasteiger partial charge in [0.2, 0.25) is 5.91 Å². The highest BCUT2D eigenvalue weighted by Crippen LogP contribution is 2.52. The third kappa shape index (κ3) is 2.34. The van der Waals surface area contributed by atoms with Gasteiger partial charge < -0.3 is 15.0 Å². The molecule has 0 unspecified atom stereocenters. The summed E-state index contributed by atoms with van der Waals surface area (Å²) in [6, 6.07) is 9.22. The molecule has 5 heteroatoms. The predicted octanol–water partition coefficient (Wildman–Crippen LogP) is 1.59. The molecule has 0 bridgehead atoms. The zero-order valence-electron chi connectivity index (χ0n) is 13.4. The summed E-state index contributed by atoms with van der Waals surface area (Å²) in [6.07, 6.45) is 3.89. The summed E-state index contributed by atoms with van der Waals surface area (Å²) in [5.74, 6) is 0.365. The number of rotatable bonds is 5. The lowest BCUT2D eigenvalue weighted by Gasteiger charge is -2.54. The van der Waals surface area contributed by atoms with Crippen LogP contribution in [0.1, 0.15) is 36.0 Å². The van der Waals surface area contributed by atoms with Crippen molar-refractivity contribution in [2.45, 2.75) is 36.8 Å². The SMILES string of the molecule is COC1(C2(NC(=O)c3ccccc3)CN(C(=O)C3CC3)C2)CC1. The molecule has 23 heavy (non-hydrogen) atoms. The van der Waals surface area contributed by atoms with Crippen LogP contribution in [0.15, 0.2) is 30.3 Å². The Morgan fingerprint density at radius 1 is 1.17 bits per heavy atom. The van der Waals surface area contributed by atoms with Crippen molar-refractivity contribution in [1.29, 1.82) is 0 Å². The third-order valence-corrected chi connectivity index (χ3v) is 5.52. The van der Waals surface area contributed by atoms with E-state index in [9.17, 15) is 9.59 Å². The normalized spacial score (nSPS) is 23.8. The van der Waals surface area contributed by atoms with E-state index in [0.717, 1.165) is 25.7 Å². The number of amides is 2. The summed E-state index contributed by atoms with van der Waals surface area (Å²) >= 11 is 0. The van der Waals surface area contributed by atoms with Crippen LogP contribution in [-0.4, -0.2) is 48.1 Å². The molecule has 1 N–H and O–H groups in total. The molecule has 0 aromatic heterocycles. The largest absolute Gasteiger partial charge is 0.376 e. The van der Waals surface area contributed by atoms with Crippen LogP contribution in [0.25, 0.3) is 0 Å². The zero-order valence-corrected chi connectivity index (χ0v) is 13.4. The first-order valence-corrected chi connectivity index (χ1v) is 8.31. The Morgan fingerprint density at radius 2 is 1.83 bits per heavy atom. The first kappa shape index (κ1) is 14.7. The number of hydrogen-bond donors (Lipinski definition) is 1. The van der Waals surface area contributed by atoms with Crippen molar-refractivity contribution in [3.8, 4) is 0 Å². The van der Waals surface area contributed by atoms with Crippen LogP contribution in [0.5, 0.6) is 0 Å². The van der Waals surface area contributed by atoms with E-state index in [2.05, 4.69) is 5.32 Å². The van der Waals surface area contributed by atoms with E-state index in [0.29, 0.717) is 18.7 Å². The molecule has 0 radical (unpaired) electrons. The molecule has 0 atom stereocenters. The van der Waals surface area contributed by atoms with E-state index in [1.807, 2.05) is 23.1 Å². The Bertz CT molecular complexity index is 629. The predicted molar refractivity (Wildman–Crippen MR) is 84.9 cm³/mol. The molecule has 0 spiro atoms. The van der Waals surface area contributed by atoms with Crippen molar-refractivity contribution in [2.24, 2.45) is 5.92 Å². The van der Waals surface area contributed by atoms with Crippen molar-refractivity contribution < 1.29 is 14.3 Å². The van der Waals surface area contributed by atoms with Gasteiger partial charge in [0, 0.05) is 31.7 Å². The maximum absolute atomic E-state index is 12.6. The van der Waals surface area contributed by atoms with Gasteiger partial charge in [0.1, 0.15) is 5.54 Å². The number of hydrogen-bond acceptors (Lipinski definition) is 3. The summed E-state index contributed by atoms with van der Waals surface area (Å²) < 4.78 is 5.74. The van der Waals surface area contributed by atoms with Crippen LogP contribution >= 0.6 is 0 Å². The van der Waals surface area contributed by atoms with Crippen LogP contribution in [0.4, 0.5) is 0 Å². The van der Waals surface area contributed by atoms with Crippen molar-refractivity contribution in [1.82, 2.24) is 10.2 Å². The highest BCUT2D eigenvalue weighted by atomic mass is 16.5.